The topological polar surface area (TPSA) is 61.8 Å². The Morgan fingerprint density at radius 1 is 0.614 bits per heavy atom. The molecule has 0 aliphatic carbocycles. The van der Waals surface area contributed by atoms with Gasteiger partial charge in [-0.05, 0) is 102 Å². The second kappa shape index (κ2) is 18.8. The molecule has 0 radical (unpaired) electrons. The summed E-state index contributed by atoms with van der Waals surface area (Å²) >= 11 is 0. The molecule has 0 fully saturated rings. The first kappa shape index (κ1) is 40.0. The monoisotopic (exact) mass is 617 g/mol. The molecule has 254 valence electrons. The maximum absolute atomic E-state index is 13.4. The van der Waals surface area contributed by atoms with Crippen LogP contribution in [0.2, 0.25) is 0 Å². The van der Waals surface area contributed by atoms with E-state index in [-0.39, 0.29) is 11.9 Å². The summed E-state index contributed by atoms with van der Waals surface area (Å²) in [5, 5.41) is 0. The van der Waals surface area contributed by atoms with E-state index in [0.29, 0.717) is 12.2 Å². The number of benzene rings is 1. The largest absolute Gasteiger partial charge is 0.496 e. The summed E-state index contributed by atoms with van der Waals surface area (Å²) in [6.45, 7) is 22.8. The number of esters is 2. The van der Waals surface area contributed by atoms with E-state index in [1.54, 1.807) is 21.0 Å². The van der Waals surface area contributed by atoms with Crippen molar-refractivity contribution in [2.45, 2.75) is 160 Å². The fraction of sp³-hybridized carbons (Fsp3) is 0.795. The minimum absolute atomic E-state index is 0.321. The summed E-state index contributed by atoms with van der Waals surface area (Å²) in [5.74, 6) is 3.34. The molecule has 1 unspecified atom stereocenters. The predicted molar refractivity (Wildman–Crippen MR) is 185 cm³/mol. The molecule has 0 saturated heterocycles. The van der Waals surface area contributed by atoms with E-state index >= 15 is 0 Å². The van der Waals surface area contributed by atoms with Crippen LogP contribution in [0.1, 0.15) is 155 Å². The molecule has 5 nitrogen and oxygen atoms in total. The Morgan fingerprint density at radius 2 is 1.09 bits per heavy atom. The Balaban J connectivity index is 2.70. The van der Waals surface area contributed by atoms with Crippen LogP contribution in [0.15, 0.2) is 0 Å². The Labute approximate surface area is 271 Å². The summed E-state index contributed by atoms with van der Waals surface area (Å²) in [7, 11) is 3.10. The van der Waals surface area contributed by atoms with Crippen molar-refractivity contribution < 1.29 is 23.8 Å². The van der Waals surface area contributed by atoms with Gasteiger partial charge < -0.3 is 14.2 Å². The van der Waals surface area contributed by atoms with Gasteiger partial charge in [0.25, 0.3) is 0 Å². The molecule has 0 amide bonds. The summed E-state index contributed by atoms with van der Waals surface area (Å²) in [5.41, 5.74) is 2.35. The maximum atomic E-state index is 13.4. The van der Waals surface area contributed by atoms with E-state index in [1.807, 2.05) is 34.6 Å². The van der Waals surface area contributed by atoms with Crippen LogP contribution in [-0.2, 0) is 20.7 Å². The standard InChI is InChI=1S/C39H68O5/c1-27(2)20-18-22-29(4)24-19-23-28(3)21-16-14-15-17-25-33-32(7)34(30(5)31(6)35(33)42-12)44-37(41)39(10,11)26-38(8,9)36(40)43-13/h27-29H,14-26H2,1-13H3/t28-,29?/m0/s1. The number of carbonyl (C=O) groups is 2. The zero-order valence-electron chi connectivity index (χ0n) is 31.0. The van der Waals surface area contributed by atoms with Crippen LogP contribution in [0.4, 0.5) is 0 Å². The average Bonchev–Trinajstić information content (AvgIpc) is 2.94. The highest BCUT2D eigenvalue weighted by Crippen LogP contribution is 2.41. The summed E-state index contributed by atoms with van der Waals surface area (Å²) in [6.07, 6.45) is 15.5. The van der Waals surface area contributed by atoms with Gasteiger partial charge in [-0.25, -0.2) is 0 Å². The Hall–Kier alpha value is -2.04. The lowest BCUT2D eigenvalue weighted by Crippen LogP contribution is -2.38. The molecule has 2 atom stereocenters. The zero-order valence-corrected chi connectivity index (χ0v) is 31.0. The van der Waals surface area contributed by atoms with Gasteiger partial charge in [-0.1, -0.05) is 91.9 Å². The van der Waals surface area contributed by atoms with Gasteiger partial charge in [0.05, 0.1) is 25.0 Å². The van der Waals surface area contributed by atoms with Crippen LogP contribution in [0.25, 0.3) is 0 Å². The van der Waals surface area contributed by atoms with Crippen LogP contribution in [0.5, 0.6) is 11.5 Å². The van der Waals surface area contributed by atoms with Gasteiger partial charge in [0.15, 0.2) is 0 Å². The van der Waals surface area contributed by atoms with Gasteiger partial charge >= 0.3 is 11.9 Å². The molecule has 5 heteroatoms. The molecule has 0 N–H and O–H groups in total. The van der Waals surface area contributed by atoms with E-state index in [2.05, 4.69) is 27.7 Å². The van der Waals surface area contributed by atoms with Crippen molar-refractivity contribution in [1.29, 1.82) is 0 Å². The zero-order chi connectivity index (χ0) is 33.7. The Morgan fingerprint density at radius 3 is 1.61 bits per heavy atom. The molecular formula is C39H68O5. The Kier molecular flexibility index (Phi) is 17.1. The number of unbranched alkanes of at least 4 members (excludes halogenated alkanes) is 3. The Bertz CT molecular complexity index is 1040. The molecule has 0 aliphatic rings. The van der Waals surface area contributed by atoms with Crippen molar-refractivity contribution in [3.05, 3.63) is 22.3 Å². The minimum Gasteiger partial charge on any atom is -0.496 e. The average molecular weight is 617 g/mol. The van der Waals surface area contributed by atoms with Gasteiger partial charge in [0.2, 0.25) is 0 Å². The van der Waals surface area contributed by atoms with Gasteiger partial charge in [0.1, 0.15) is 11.5 Å². The molecule has 1 aromatic rings. The van der Waals surface area contributed by atoms with Gasteiger partial charge in [-0.3, -0.25) is 9.59 Å². The number of carbonyl (C=O) groups excluding carboxylic acids is 2. The van der Waals surface area contributed by atoms with Crippen molar-refractivity contribution in [1.82, 2.24) is 0 Å². The predicted octanol–water partition coefficient (Wildman–Crippen LogP) is 10.9. The highest BCUT2D eigenvalue weighted by atomic mass is 16.5. The van der Waals surface area contributed by atoms with Crippen molar-refractivity contribution in [2.75, 3.05) is 14.2 Å². The molecule has 0 heterocycles. The lowest BCUT2D eigenvalue weighted by Gasteiger charge is -2.31. The molecule has 0 aliphatic heterocycles. The third-order valence-electron chi connectivity index (χ3n) is 9.63. The quantitative estimate of drug-likeness (QED) is 0.0781. The van der Waals surface area contributed by atoms with Crippen LogP contribution in [0.3, 0.4) is 0 Å². The van der Waals surface area contributed by atoms with Gasteiger partial charge in [-0.15, -0.1) is 0 Å². The smallest absolute Gasteiger partial charge is 0.316 e. The molecular weight excluding hydrogens is 548 g/mol. The number of rotatable bonds is 21. The molecule has 0 spiro atoms. The van der Waals surface area contributed by atoms with E-state index in [4.69, 9.17) is 14.2 Å². The highest BCUT2D eigenvalue weighted by Gasteiger charge is 2.41. The van der Waals surface area contributed by atoms with Crippen molar-refractivity contribution in [2.24, 2.45) is 28.6 Å². The molecule has 0 aromatic heterocycles. The molecule has 1 aromatic carbocycles. The van der Waals surface area contributed by atoms with Crippen molar-refractivity contribution in [3.63, 3.8) is 0 Å². The molecule has 0 bridgehead atoms. The number of hydrogen-bond donors (Lipinski definition) is 0. The van der Waals surface area contributed by atoms with Crippen LogP contribution in [0, 0.1) is 49.4 Å². The van der Waals surface area contributed by atoms with E-state index in [0.717, 1.165) is 58.6 Å². The van der Waals surface area contributed by atoms with E-state index < -0.39 is 10.8 Å². The third-order valence-corrected chi connectivity index (χ3v) is 9.63. The first-order valence-corrected chi connectivity index (χ1v) is 17.5. The third kappa shape index (κ3) is 12.8. The lowest BCUT2D eigenvalue weighted by atomic mass is 9.75. The second-order valence-corrected chi connectivity index (χ2v) is 15.5. The highest BCUT2D eigenvalue weighted by molar-refractivity contribution is 5.82. The van der Waals surface area contributed by atoms with Gasteiger partial charge in [-0.2, -0.15) is 0 Å². The molecule has 0 saturated carbocycles. The minimum atomic E-state index is -0.868. The number of ether oxygens (including phenoxy) is 3. The van der Waals surface area contributed by atoms with Gasteiger partial charge in [0, 0.05) is 5.56 Å². The number of methoxy groups -OCH3 is 2. The van der Waals surface area contributed by atoms with Crippen LogP contribution < -0.4 is 9.47 Å². The van der Waals surface area contributed by atoms with E-state index in [9.17, 15) is 9.59 Å². The summed E-state index contributed by atoms with van der Waals surface area (Å²) in [4.78, 5) is 25.7. The van der Waals surface area contributed by atoms with Crippen LogP contribution in [-0.4, -0.2) is 26.2 Å². The normalized spacial score (nSPS) is 13.6. The maximum Gasteiger partial charge on any atom is 0.316 e. The van der Waals surface area contributed by atoms with Crippen LogP contribution >= 0.6 is 0 Å². The van der Waals surface area contributed by atoms with Crippen molar-refractivity contribution in [3.8, 4) is 11.5 Å². The summed E-state index contributed by atoms with van der Waals surface area (Å²) < 4.78 is 17.0. The SMILES string of the molecule is COC(=O)C(C)(C)CC(C)(C)C(=O)Oc1c(C)c(C)c(OC)c(CCCCCC[C@H](C)CCCC(C)CCCC(C)C)c1C. The second-order valence-electron chi connectivity index (χ2n) is 15.5. The first-order chi connectivity index (χ1) is 20.5. The number of hydrogen-bond acceptors (Lipinski definition) is 5. The summed E-state index contributed by atoms with van der Waals surface area (Å²) in [6, 6.07) is 0. The molecule has 44 heavy (non-hydrogen) atoms. The fourth-order valence-electron chi connectivity index (χ4n) is 6.77. The molecule has 1 rings (SSSR count). The lowest BCUT2D eigenvalue weighted by molar-refractivity contribution is -0.155. The fourth-order valence-corrected chi connectivity index (χ4v) is 6.77. The first-order valence-electron chi connectivity index (χ1n) is 17.5. The van der Waals surface area contributed by atoms with Crippen molar-refractivity contribution >= 4 is 11.9 Å². The van der Waals surface area contributed by atoms with E-state index in [1.165, 1.54) is 71.3 Å².